The SMILES string of the molecule is CCC(NC(=O)CC(C)(C)C)c1cccc(Cl)c1. The lowest BCUT2D eigenvalue weighted by atomic mass is 9.91. The van der Waals surface area contributed by atoms with Gasteiger partial charge in [-0.05, 0) is 29.5 Å². The first kappa shape index (κ1) is 15.0. The van der Waals surface area contributed by atoms with E-state index >= 15 is 0 Å². The van der Waals surface area contributed by atoms with E-state index in [4.69, 9.17) is 11.6 Å². The minimum absolute atomic E-state index is 0.0106. The quantitative estimate of drug-likeness (QED) is 0.864. The van der Waals surface area contributed by atoms with Crippen molar-refractivity contribution in [2.24, 2.45) is 5.41 Å². The van der Waals surface area contributed by atoms with Gasteiger partial charge in [-0.15, -0.1) is 0 Å². The number of halogens is 1. The fourth-order valence-corrected chi connectivity index (χ4v) is 2.07. The summed E-state index contributed by atoms with van der Waals surface area (Å²) >= 11 is 5.98. The van der Waals surface area contributed by atoms with Crippen molar-refractivity contribution in [3.63, 3.8) is 0 Å². The minimum atomic E-state index is 0.0106. The third kappa shape index (κ3) is 5.09. The summed E-state index contributed by atoms with van der Waals surface area (Å²) in [6.07, 6.45) is 1.39. The Bertz CT molecular complexity index is 409. The Kier molecular flexibility index (Phi) is 5.21. The van der Waals surface area contributed by atoms with Crippen LogP contribution in [0.2, 0.25) is 5.02 Å². The molecule has 0 aliphatic heterocycles. The lowest BCUT2D eigenvalue weighted by Gasteiger charge is -2.22. The summed E-state index contributed by atoms with van der Waals surface area (Å²) in [4.78, 5) is 11.9. The van der Waals surface area contributed by atoms with Gasteiger partial charge in [-0.25, -0.2) is 0 Å². The van der Waals surface area contributed by atoms with Crippen LogP contribution in [0.3, 0.4) is 0 Å². The average molecular weight is 268 g/mol. The maximum atomic E-state index is 11.9. The molecule has 0 saturated heterocycles. The summed E-state index contributed by atoms with van der Waals surface area (Å²) in [5.41, 5.74) is 1.07. The summed E-state index contributed by atoms with van der Waals surface area (Å²) < 4.78 is 0. The van der Waals surface area contributed by atoms with Gasteiger partial charge >= 0.3 is 0 Å². The summed E-state index contributed by atoms with van der Waals surface area (Å²) in [7, 11) is 0. The standard InChI is InChI=1S/C15H22ClNO/c1-5-13(11-7-6-8-12(16)9-11)17-14(18)10-15(2,3)4/h6-9,13H,5,10H2,1-4H3,(H,17,18). The number of hydrogen-bond donors (Lipinski definition) is 1. The number of hydrogen-bond acceptors (Lipinski definition) is 1. The zero-order valence-electron chi connectivity index (χ0n) is 11.6. The molecule has 0 bridgehead atoms. The van der Waals surface area contributed by atoms with E-state index in [0.29, 0.717) is 11.4 Å². The van der Waals surface area contributed by atoms with Crippen LogP contribution in [-0.2, 0) is 4.79 Å². The highest BCUT2D eigenvalue weighted by molar-refractivity contribution is 6.30. The molecule has 100 valence electrons. The number of nitrogens with one attached hydrogen (secondary N) is 1. The molecule has 0 aliphatic rings. The molecule has 1 unspecified atom stereocenters. The Morgan fingerprint density at radius 2 is 2.06 bits per heavy atom. The van der Waals surface area contributed by atoms with Crippen LogP contribution in [0.4, 0.5) is 0 Å². The molecule has 1 atom stereocenters. The predicted octanol–water partition coefficient (Wildman–Crippen LogP) is 4.34. The molecule has 2 nitrogen and oxygen atoms in total. The van der Waals surface area contributed by atoms with Crippen molar-refractivity contribution in [1.29, 1.82) is 0 Å². The van der Waals surface area contributed by atoms with Gasteiger partial charge in [0.05, 0.1) is 6.04 Å². The van der Waals surface area contributed by atoms with E-state index in [1.807, 2.05) is 24.3 Å². The third-order valence-corrected chi connectivity index (χ3v) is 2.92. The molecule has 1 aromatic rings. The lowest BCUT2D eigenvalue weighted by molar-refractivity contribution is -0.123. The molecule has 18 heavy (non-hydrogen) atoms. The summed E-state index contributed by atoms with van der Waals surface area (Å²) in [5.74, 6) is 0.0920. The molecule has 0 heterocycles. The van der Waals surface area contributed by atoms with Gasteiger partial charge < -0.3 is 5.32 Å². The summed E-state index contributed by atoms with van der Waals surface area (Å²) in [5, 5.41) is 3.77. The van der Waals surface area contributed by atoms with Gasteiger partial charge in [0, 0.05) is 11.4 Å². The van der Waals surface area contributed by atoms with Crippen LogP contribution in [-0.4, -0.2) is 5.91 Å². The minimum Gasteiger partial charge on any atom is -0.349 e. The van der Waals surface area contributed by atoms with Gasteiger partial charge in [0.1, 0.15) is 0 Å². The van der Waals surface area contributed by atoms with Crippen molar-refractivity contribution in [3.8, 4) is 0 Å². The molecule has 0 fully saturated rings. The molecular weight excluding hydrogens is 246 g/mol. The molecule has 3 heteroatoms. The molecule has 0 spiro atoms. The Hall–Kier alpha value is -1.02. The van der Waals surface area contributed by atoms with E-state index in [9.17, 15) is 4.79 Å². The molecule has 1 aromatic carbocycles. The van der Waals surface area contributed by atoms with Gasteiger partial charge in [-0.2, -0.15) is 0 Å². The van der Waals surface area contributed by atoms with Crippen molar-refractivity contribution >= 4 is 17.5 Å². The number of amides is 1. The topological polar surface area (TPSA) is 29.1 Å². The Morgan fingerprint density at radius 3 is 2.56 bits per heavy atom. The molecule has 0 saturated carbocycles. The monoisotopic (exact) mass is 267 g/mol. The molecule has 1 amide bonds. The van der Waals surface area contributed by atoms with E-state index < -0.39 is 0 Å². The largest absolute Gasteiger partial charge is 0.349 e. The Balaban J connectivity index is 2.71. The van der Waals surface area contributed by atoms with Gasteiger partial charge in [-0.3, -0.25) is 4.79 Å². The highest BCUT2D eigenvalue weighted by Crippen LogP contribution is 2.22. The van der Waals surface area contributed by atoms with Crippen LogP contribution in [0.5, 0.6) is 0 Å². The maximum Gasteiger partial charge on any atom is 0.221 e. The third-order valence-electron chi connectivity index (χ3n) is 2.69. The maximum absolute atomic E-state index is 11.9. The van der Waals surface area contributed by atoms with Crippen LogP contribution in [0.1, 0.15) is 52.1 Å². The second-order valence-corrected chi connectivity index (χ2v) is 6.26. The summed E-state index contributed by atoms with van der Waals surface area (Å²) in [6.45, 7) is 8.25. The number of carbonyl (C=O) groups excluding carboxylic acids is 1. The molecule has 1 N–H and O–H groups in total. The smallest absolute Gasteiger partial charge is 0.221 e. The molecule has 0 aromatic heterocycles. The fraction of sp³-hybridized carbons (Fsp3) is 0.533. The first-order valence-corrected chi connectivity index (χ1v) is 6.74. The van der Waals surface area contributed by atoms with Crippen LogP contribution in [0.15, 0.2) is 24.3 Å². The average Bonchev–Trinajstić information content (AvgIpc) is 2.23. The zero-order valence-corrected chi connectivity index (χ0v) is 12.3. The second kappa shape index (κ2) is 6.24. The normalized spacial score (nSPS) is 13.2. The van der Waals surface area contributed by atoms with Gasteiger partial charge in [0.25, 0.3) is 0 Å². The van der Waals surface area contributed by atoms with Crippen LogP contribution in [0.25, 0.3) is 0 Å². The van der Waals surface area contributed by atoms with E-state index in [1.54, 1.807) is 0 Å². The van der Waals surface area contributed by atoms with Crippen molar-refractivity contribution < 1.29 is 4.79 Å². The molecule has 0 radical (unpaired) electrons. The van der Waals surface area contributed by atoms with Crippen LogP contribution < -0.4 is 5.32 Å². The van der Waals surface area contributed by atoms with Crippen LogP contribution in [0, 0.1) is 5.41 Å². The van der Waals surface area contributed by atoms with Crippen molar-refractivity contribution in [3.05, 3.63) is 34.9 Å². The van der Waals surface area contributed by atoms with Crippen molar-refractivity contribution in [1.82, 2.24) is 5.32 Å². The van der Waals surface area contributed by atoms with Gasteiger partial charge in [0.15, 0.2) is 0 Å². The van der Waals surface area contributed by atoms with Crippen molar-refractivity contribution in [2.75, 3.05) is 0 Å². The highest BCUT2D eigenvalue weighted by Gasteiger charge is 2.19. The van der Waals surface area contributed by atoms with E-state index in [-0.39, 0.29) is 17.4 Å². The van der Waals surface area contributed by atoms with E-state index in [0.717, 1.165) is 12.0 Å². The fourth-order valence-electron chi connectivity index (χ4n) is 1.87. The number of carbonyl (C=O) groups is 1. The van der Waals surface area contributed by atoms with E-state index in [2.05, 4.69) is 33.0 Å². The lowest BCUT2D eigenvalue weighted by Crippen LogP contribution is -2.31. The second-order valence-electron chi connectivity index (χ2n) is 5.82. The first-order chi connectivity index (χ1) is 8.31. The van der Waals surface area contributed by atoms with E-state index in [1.165, 1.54) is 0 Å². The highest BCUT2D eigenvalue weighted by atomic mass is 35.5. The summed E-state index contributed by atoms with van der Waals surface area (Å²) in [6, 6.07) is 7.70. The van der Waals surface area contributed by atoms with Crippen molar-refractivity contribution in [2.45, 2.75) is 46.6 Å². The predicted molar refractivity (Wildman–Crippen MR) is 76.7 cm³/mol. The zero-order chi connectivity index (χ0) is 13.8. The first-order valence-electron chi connectivity index (χ1n) is 6.36. The van der Waals surface area contributed by atoms with Crippen LogP contribution >= 0.6 is 11.6 Å². The molecule has 0 aliphatic carbocycles. The van der Waals surface area contributed by atoms with Gasteiger partial charge in [-0.1, -0.05) is 51.4 Å². The molecular formula is C15H22ClNO. The van der Waals surface area contributed by atoms with Gasteiger partial charge in [0.2, 0.25) is 5.91 Å². The molecule has 1 rings (SSSR count). The Morgan fingerprint density at radius 1 is 1.39 bits per heavy atom. The number of rotatable bonds is 4. The Labute approximate surface area is 115 Å². The number of benzene rings is 1.